The maximum absolute atomic E-state index is 6.01. The molecule has 0 saturated heterocycles. The molecule has 0 radical (unpaired) electrons. The van der Waals surface area contributed by atoms with E-state index in [2.05, 4.69) is 9.97 Å². The van der Waals surface area contributed by atoms with E-state index >= 15 is 0 Å². The maximum atomic E-state index is 6.01. The van der Waals surface area contributed by atoms with Crippen LogP contribution in [0.5, 0.6) is 5.75 Å². The first-order valence-corrected chi connectivity index (χ1v) is 7.39. The second kappa shape index (κ2) is 5.09. The number of thioether (sulfide) groups is 1. The first kappa shape index (κ1) is 12.3. The van der Waals surface area contributed by atoms with Crippen molar-refractivity contribution >= 4 is 17.6 Å². The first-order chi connectivity index (χ1) is 9.28. The molecule has 2 aromatic rings. The lowest BCUT2D eigenvalue weighted by atomic mass is 10.1. The third-order valence-corrected chi connectivity index (χ3v) is 3.98. The van der Waals surface area contributed by atoms with Crippen molar-refractivity contribution in [2.24, 2.45) is 0 Å². The lowest BCUT2D eigenvalue weighted by Crippen LogP contribution is -2.03. The Hall–Kier alpha value is -1.75. The van der Waals surface area contributed by atoms with E-state index < -0.39 is 0 Å². The Labute approximate surface area is 116 Å². The van der Waals surface area contributed by atoms with E-state index in [0.29, 0.717) is 18.2 Å². The summed E-state index contributed by atoms with van der Waals surface area (Å²) >= 11 is 1.83. The van der Waals surface area contributed by atoms with Crippen molar-refractivity contribution < 1.29 is 4.74 Å². The lowest BCUT2D eigenvalue weighted by molar-refractivity contribution is 0.340. The third kappa shape index (κ3) is 2.38. The molecule has 2 N–H and O–H groups in total. The smallest absolute Gasteiger partial charge is 0.161 e. The van der Waals surface area contributed by atoms with Gasteiger partial charge in [-0.15, -0.1) is 0 Å². The van der Waals surface area contributed by atoms with Gasteiger partial charge in [0, 0.05) is 22.6 Å². The summed E-state index contributed by atoms with van der Waals surface area (Å²) in [6.07, 6.45) is 0. The molecule has 1 aromatic heterocycles. The summed E-state index contributed by atoms with van der Waals surface area (Å²) in [6, 6.07) is 7.81. The van der Waals surface area contributed by atoms with Crippen LogP contribution in [-0.2, 0) is 11.5 Å². The minimum Gasteiger partial charge on any atom is -0.494 e. The third-order valence-electron chi connectivity index (χ3n) is 3.01. The molecule has 0 fully saturated rings. The maximum Gasteiger partial charge on any atom is 0.161 e. The molecule has 0 saturated carbocycles. The number of benzene rings is 1. The molecular weight excluding hydrogens is 258 g/mol. The monoisotopic (exact) mass is 273 g/mol. The Morgan fingerprint density at radius 1 is 1.32 bits per heavy atom. The minimum atomic E-state index is 0.604. The number of nitrogens with two attached hydrogens (primary N) is 1. The summed E-state index contributed by atoms with van der Waals surface area (Å²) < 4.78 is 5.50. The molecule has 1 aromatic carbocycles. The number of aromatic nitrogens is 2. The SMILES string of the molecule is CCOc1cccc(-c2nc(N)c3c(n2)CSC3)c1. The Kier molecular flexibility index (Phi) is 3.29. The van der Waals surface area contributed by atoms with Crippen LogP contribution in [-0.4, -0.2) is 16.6 Å². The summed E-state index contributed by atoms with van der Waals surface area (Å²) in [7, 11) is 0. The Balaban J connectivity index is 2.02. The molecule has 0 unspecified atom stereocenters. The van der Waals surface area contributed by atoms with Gasteiger partial charge >= 0.3 is 0 Å². The number of hydrogen-bond donors (Lipinski definition) is 1. The Morgan fingerprint density at radius 3 is 3.05 bits per heavy atom. The molecule has 1 aliphatic rings. The van der Waals surface area contributed by atoms with Crippen LogP contribution in [0, 0.1) is 0 Å². The molecule has 1 aliphatic heterocycles. The number of rotatable bonds is 3. The molecule has 0 bridgehead atoms. The molecule has 98 valence electrons. The van der Waals surface area contributed by atoms with Gasteiger partial charge in [0.15, 0.2) is 5.82 Å². The number of anilines is 1. The van der Waals surface area contributed by atoms with Gasteiger partial charge < -0.3 is 10.5 Å². The molecule has 5 heteroatoms. The first-order valence-electron chi connectivity index (χ1n) is 6.24. The molecule has 0 aliphatic carbocycles. The van der Waals surface area contributed by atoms with Gasteiger partial charge in [0.2, 0.25) is 0 Å². The number of fused-ring (bicyclic) bond motifs is 1. The second-order valence-electron chi connectivity index (χ2n) is 4.31. The van der Waals surface area contributed by atoms with Crippen LogP contribution in [0.15, 0.2) is 24.3 Å². The zero-order valence-corrected chi connectivity index (χ0v) is 11.5. The summed E-state index contributed by atoms with van der Waals surface area (Å²) in [5.41, 5.74) is 9.11. The number of nitrogens with zero attached hydrogens (tertiary/aromatic N) is 2. The van der Waals surface area contributed by atoms with E-state index in [9.17, 15) is 0 Å². The van der Waals surface area contributed by atoms with E-state index in [0.717, 1.165) is 34.1 Å². The summed E-state index contributed by atoms with van der Waals surface area (Å²) in [5, 5.41) is 0. The van der Waals surface area contributed by atoms with E-state index in [-0.39, 0.29) is 0 Å². The van der Waals surface area contributed by atoms with Crippen molar-refractivity contribution in [2.75, 3.05) is 12.3 Å². The van der Waals surface area contributed by atoms with Crippen LogP contribution < -0.4 is 10.5 Å². The highest BCUT2D eigenvalue weighted by atomic mass is 32.2. The van der Waals surface area contributed by atoms with Crippen molar-refractivity contribution in [3.63, 3.8) is 0 Å². The Morgan fingerprint density at radius 2 is 2.21 bits per heavy atom. The predicted octanol–water partition coefficient (Wildman–Crippen LogP) is 2.87. The average molecular weight is 273 g/mol. The normalized spacial score (nSPS) is 13.3. The highest BCUT2D eigenvalue weighted by molar-refractivity contribution is 7.98. The molecule has 3 rings (SSSR count). The zero-order valence-electron chi connectivity index (χ0n) is 10.7. The van der Waals surface area contributed by atoms with Crippen LogP contribution in [0.25, 0.3) is 11.4 Å². The molecule has 0 spiro atoms. The topological polar surface area (TPSA) is 61.0 Å². The van der Waals surface area contributed by atoms with Crippen molar-refractivity contribution in [1.29, 1.82) is 0 Å². The van der Waals surface area contributed by atoms with E-state index in [1.807, 2.05) is 43.0 Å². The molecule has 19 heavy (non-hydrogen) atoms. The average Bonchev–Trinajstić information content (AvgIpc) is 2.88. The summed E-state index contributed by atoms with van der Waals surface area (Å²) in [4.78, 5) is 9.03. The fraction of sp³-hybridized carbons (Fsp3) is 0.286. The molecular formula is C14H15N3OS. The van der Waals surface area contributed by atoms with E-state index in [4.69, 9.17) is 10.5 Å². The van der Waals surface area contributed by atoms with E-state index in [1.54, 1.807) is 0 Å². The molecule has 2 heterocycles. The van der Waals surface area contributed by atoms with Gasteiger partial charge in [-0.25, -0.2) is 9.97 Å². The van der Waals surface area contributed by atoms with E-state index in [1.165, 1.54) is 0 Å². The summed E-state index contributed by atoms with van der Waals surface area (Å²) in [5.74, 6) is 3.95. The van der Waals surface area contributed by atoms with Crippen molar-refractivity contribution in [1.82, 2.24) is 9.97 Å². The minimum absolute atomic E-state index is 0.604. The van der Waals surface area contributed by atoms with Crippen LogP contribution >= 0.6 is 11.8 Å². The van der Waals surface area contributed by atoms with Crippen molar-refractivity contribution in [3.8, 4) is 17.1 Å². The van der Waals surface area contributed by atoms with Crippen LogP contribution in [0.4, 0.5) is 5.82 Å². The fourth-order valence-corrected chi connectivity index (χ4v) is 3.15. The van der Waals surface area contributed by atoms with Crippen LogP contribution in [0.1, 0.15) is 18.2 Å². The predicted molar refractivity (Wildman–Crippen MR) is 78.0 cm³/mol. The van der Waals surface area contributed by atoms with Crippen molar-refractivity contribution in [2.45, 2.75) is 18.4 Å². The molecule has 0 amide bonds. The second-order valence-corrected chi connectivity index (χ2v) is 5.30. The molecule has 4 nitrogen and oxygen atoms in total. The standard InChI is InChI=1S/C14H15N3OS/c1-2-18-10-5-3-4-9(6-10)14-16-12-8-19-7-11(12)13(15)17-14/h3-6H,2,7-8H2,1H3,(H2,15,16,17). The van der Waals surface area contributed by atoms with Crippen LogP contribution in [0.3, 0.4) is 0 Å². The summed E-state index contributed by atoms with van der Waals surface area (Å²) in [6.45, 7) is 2.61. The quantitative estimate of drug-likeness (QED) is 0.931. The van der Waals surface area contributed by atoms with Gasteiger partial charge in [0.25, 0.3) is 0 Å². The highest BCUT2D eigenvalue weighted by Crippen LogP contribution is 2.33. The van der Waals surface area contributed by atoms with Gasteiger partial charge in [-0.05, 0) is 19.1 Å². The van der Waals surface area contributed by atoms with Crippen molar-refractivity contribution in [3.05, 3.63) is 35.5 Å². The number of nitrogen functional groups attached to an aromatic ring is 1. The highest BCUT2D eigenvalue weighted by Gasteiger charge is 2.18. The van der Waals surface area contributed by atoms with Gasteiger partial charge in [-0.2, -0.15) is 11.8 Å². The van der Waals surface area contributed by atoms with Crippen LogP contribution in [0.2, 0.25) is 0 Å². The number of ether oxygens (including phenoxy) is 1. The van der Waals surface area contributed by atoms with Gasteiger partial charge in [-0.1, -0.05) is 12.1 Å². The van der Waals surface area contributed by atoms with Gasteiger partial charge in [0.05, 0.1) is 12.3 Å². The van der Waals surface area contributed by atoms with Gasteiger partial charge in [0.1, 0.15) is 11.6 Å². The Bertz CT molecular complexity index is 616. The largest absolute Gasteiger partial charge is 0.494 e. The zero-order chi connectivity index (χ0) is 13.2. The lowest BCUT2D eigenvalue weighted by Gasteiger charge is -2.08. The molecule has 0 atom stereocenters. The van der Waals surface area contributed by atoms with Gasteiger partial charge in [-0.3, -0.25) is 0 Å². The fourth-order valence-electron chi connectivity index (χ4n) is 2.10. The number of hydrogen-bond acceptors (Lipinski definition) is 5.